The summed E-state index contributed by atoms with van der Waals surface area (Å²) in [6, 6.07) is 5.93. The summed E-state index contributed by atoms with van der Waals surface area (Å²) in [6.07, 6.45) is 5.68. The van der Waals surface area contributed by atoms with Crippen molar-refractivity contribution in [3.63, 3.8) is 0 Å². The summed E-state index contributed by atoms with van der Waals surface area (Å²) in [6.45, 7) is 3.59. The molecule has 1 unspecified atom stereocenters. The molecule has 0 saturated heterocycles. The molecule has 1 aliphatic heterocycles. The minimum atomic E-state index is 0.208. The highest BCUT2D eigenvalue weighted by atomic mass is 16.5. The monoisotopic (exact) mass is 275 g/mol. The van der Waals surface area contributed by atoms with Gasteiger partial charge in [-0.05, 0) is 49.8 Å². The molecule has 1 aromatic carbocycles. The minimum absolute atomic E-state index is 0.208. The highest BCUT2D eigenvalue weighted by molar-refractivity contribution is 5.99. The Morgan fingerprint density at radius 2 is 2.25 bits per heavy atom. The fourth-order valence-electron chi connectivity index (χ4n) is 2.87. The van der Waals surface area contributed by atoms with E-state index in [0.717, 1.165) is 50.0 Å². The van der Waals surface area contributed by atoms with Crippen LogP contribution in [-0.2, 0) is 6.42 Å². The number of nitrogens with two attached hydrogens (primary N) is 1. The average molecular weight is 275 g/mol. The molecule has 0 spiro atoms. The lowest BCUT2D eigenvalue weighted by Crippen LogP contribution is -2.14. The molecule has 1 heterocycles. The summed E-state index contributed by atoms with van der Waals surface area (Å²) in [5.74, 6) is 1.60. The Balaban J connectivity index is 2.02. The first-order valence-electron chi connectivity index (χ1n) is 7.74. The van der Waals surface area contributed by atoms with Crippen molar-refractivity contribution < 1.29 is 9.53 Å². The molecule has 3 heteroatoms. The van der Waals surface area contributed by atoms with E-state index in [2.05, 4.69) is 13.0 Å². The van der Waals surface area contributed by atoms with E-state index in [9.17, 15) is 4.79 Å². The molecular formula is C17H25NO2. The Bertz CT molecular complexity index is 456. The van der Waals surface area contributed by atoms with Crippen LogP contribution < -0.4 is 10.5 Å². The fraction of sp³-hybridized carbons (Fsp3) is 0.588. The summed E-state index contributed by atoms with van der Waals surface area (Å²) in [5.41, 5.74) is 7.55. The predicted octanol–water partition coefficient (Wildman–Crippen LogP) is 3.35. The van der Waals surface area contributed by atoms with E-state index in [-0.39, 0.29) is 5.78 Å². The van der Waals surface area contributed by atoms with Gasteiger partial charge in [0.2, 0.25) is 0 Å². The number of para-hydroxylation sites is 1. The van der Waals surface area contributed by atoms with Gasteiger partial charge in [0.1, 0.15) is 5.75 Å². The van der Waals surface area contributed by atoms with Crippen molar-refractivity contribution in [2.24, 2.45) is 11.7 Å². The molecule has 1 aliphatic rings. The summed E-state index contributed by atoms with van der Waals surface area (Å²) in [7, 11) is 0. The lowest BCUT2D eigenvalue weighted by molar-refractivity contribution is 0.0967. The zero-order valence-corrected chi connectivity index (χ0v) is 12.4. The van der Waals surface area contributed by atoms with E-state index >= 15 is 0 Å². The number of hydrogen-bond acceptors (Lipinski definition) is 3. The number of carbonyl (C=O) groups is 1. The molecule has 0 saturated carbocycles. The third kappa shape index (κ3) is 3.60. The number of carbonyl (C=O) groups excluding carboxylic acids is 1. The first-order chi connectivity index (χ1) is 9.76. The van der Waals surface area contributed by atoms with Gasteiger partial charge in [-0.2, -0.15) is 0 Å². The largest absolute Gasteiger partial charge is 0.493 e. The Hall–Kier alpha value is -1.35. The maximum atomic E-state index is 12.4. The number of Topliss-reactive ketones (excluding diaryl/α,β-unsaturated/α-hetero) is 1. The third-order valence-electron chi connectivity index (χ3n) is 4.17. The second-order valence-electron chi connectivity index (χ2n) is 5.56. The Morgan fingerprint density at radius 3 is 3.00 bits per heavy atom. The first-order valence-corrected chi connectivity index (χ1v) is 7.74. The number of aryl methyl sites for hydroxylation is 1. The lowest BCUT2D eigenvalue weighted by atomic mass is 9.92. The number of ketones is 1. The summed E-state index contributed by atoms with van der Waals surface area (Å²) < 4.78 is 5.72. The molecule has 0 amide bonds. The normalized spacial score (nSPS) is 15.3. The predicted molar refractivity (Wildman–Crippen MR) is 81.3 cm³/mol. The summed E-state index contributed by atoms with van der Waals surface area (Å²) in [5, 5.41) is 0. The van der Waals surface area contributed by atoms with Gasteiger partial charge in [0, 0.05) is 6.42 Å². The van der Waals surface area contributed by atoms with Crippen LogP contribution >= 0.6 is 0 Å². The van der Waals surface area contributed by atoms with Crippen LogP contribution in [0.4, 0.5) is 0 Å². The highest BCUT2D eigenvalue weighted by Gasteiger charge is 2.19. The first kappa shape index (κ1) is 15.0. The number of ether oxygens (including phenoxy) is 1. The average Bonchev–Trinajstić information content (AvgIpc) is 2.50. The maximum Gasteiger partial charge on any atom is 0.166 e. The topological polar surface area (TPSA) is 52.3 Å². The molecule has 20 heavy (non-hydrogen) atoms. The van der Waals surface area contributed by atoms with Crippen molar-refractivity contribution in [2.45, 2.75) is 45.4 Å². The number of hydrogen-bond donors (Lipinski definition) is 1. The van der Waals surface area contributed by atoms with Crippen LogP contribution in [0.2, 0.25) is 0 Å². The Labute approximate surface area is 121 Å². The summed E-state index contributed by atoms with van der Waals surface area (Å²) in [4.78, 5) is 12.4. The van der Waals surface area contributed by atoms with Gasteiger partial charge in [-0.3, -0.25) is 4.79 Å². The molecule has 1 aromatic rings. The molecule has 2 N–H and O–H groups in total. The van der Waals surface area contributed by atoms with Crippen molar-refractivity contribution in [1.29, 1.82) is 0 Å². The Morgan fingerprint density at radius 1 is 1.40 bits per heavy atom. The van der Waals surface area contributed by atoms with Crippen LogP contribution in [0.3, 0.4) is 0 Å². The van der Waals surface area contributed by atoms with Gasteiger partial charge < -0.3 is 10.5 Å². The van der Waals surface area contributed by atoms with Crippen molar-refractivity contribution in [2.75, 3.05) is 13.2 Å². The Kier molecular flexibility index (Phi) is 5.60. The second kappa shape index (κ2) is 7.44. The van der Waals surface area contributed by atoms with Crippen molar-refractivity contribution >= 4 is 5.78 Å². The van der Waals surface area contributed by atoms with Crippen LogP contribution in [0.25, 0.3) is 0 Å². The molecule has 0 fully saturated rings. The van der Waals surface area contributed by atoms with Gasteiger partial charge in [-0.25, -0.2) is 0 Å². The molecule has 0 radical (unpaired) electrons. The smallest absolute Gasteiger partial charge is 0.166 e. The van der Waals surface area contributed by atoms with Crippen LogP contribution in [-0.4, -0.2) is 18.9 Å². The quantitative estimate of drug-likeness (QED) is 0.776. The van der Waals surface area contributed by atoms with Gasteiger partial charge in [-0.1, -0.05) is 25.5 Å². The van der Waals surface area contributed by atoms with Crippen molar-refractivity contribution in [1.82, 2.24) is 0 Å². The van der Waals surface area contributed by atoms with Crippen LogP contribution in [0, 0.1) is 5.92 Å². The van der Waals surface area contributed by atoms with Gasteiger partial charge in [0.15, 0.2) is 5.78 Å². The van der Waals surface area contributed by atoms with Crippen LogP contribution in [0.5, 0.6) is 5.75 Å². The minimum Gasteiger partial charge on any atom is -0.493 e. The number of benzene rings is 1. The zero-order chi connectivity index (χ0) is 14.4. The zero-order valence-electron chi connectivity index (χ0n) is 12.4. The van der Waals surface area contributed by atoms with Crippen molar-refractivity contribution in [3.8, 4) is 5.75 Å². The molecule has 0 bridgehead atoms. The molecule has 1 atom stereocenters. The van der Waals surface area contributed by atoms with Crippen LogP contribution in [0.1, 0.15) is 54.9 Å². The molecular weight excluding hydrogens is 250 g/mol. The van der Waals surface area contributed by atoms with E-state index in [1.807, 2.05) is 12.1 Å². The molecule has 3 nitrogen and oxygen atoms in total. The van der Waals surface area contributed by atoms with Gasteiger partial charge in [0.25, 0.3) is 0 Å². The molecule has 0 aromatic heterocycles. The SMILES string of the molecule is CCC(CCN)CCC(=O)c1cccc2c1OCCC2. The van der Waals surface area contributed by atoms with E-state index in [0.29, 0.717) is 18.9 Å². The standard InChI is InChI=1S/C17H25NO2/c1-2-13(10-11-18)8-9-16(19)15-7-3-5-14-6-4-12-20-17(14)15/h3,5,7,13H,2,4,6,8-12,18H2,1H3. The van der Waals surface area contributed by atoms with E-state index in [1.165, 1.54) is 5.56 Å². The van der Waals surface area contributed by atoms with E-state index in [1.54, 1.807) is 0 Å². The van der Waals surface area contributed by atoms with Gasteiger partial charge >= 0.3 is 0 Å². The number of rotatable bonds is 7. The van der Waals surface area contributed by atoms with E-state index < -0.39 is 0 Å². The molecule has 110 valence electrons. The highest BCUT2D eigenvalue weighted by Crippen LogP contribution is 2.30. The van der Waals surface area contributed by atoms with Gasteiger partial charge in [-0.15, -0.1) is 0 Å². The molecule has 0 aliphatic carbocycles. The van der Waals surface area contributed by atoms with E-state index in [4.69, 9.17) is 10.5 Å². The lowest BCUT2D eigenvalue weighted by Gasteiger charge is -2.20. The number of fused-ring (bicyclic) bond motifs is 1. The third-order valence-corrected chi connectivity index (χ3v) is 4.17. The summed E-state index contributed by atoms with van der Waals surface area (Å²) >= 11 is 0. The maximum absolute atomic E-state index is 12.4. The molecule has 2 rings (SSSR count). The van der Waals surface area contributed by atoms with Gasteiger partial charge in [0.05, 0.1) is 12.2 Å². The van der Waals surface area contributed by atoms with Crippen LogP contribution in [0.15, 0.2) is 18.2 Å². The van der Waals surface area contributed by atoms with Crippen molar-refractivity contribution in [3.05, 3.63) is 29.3 Å². The fourth-order valence-corrected chi connectivity index (χ4v) is 2.87. The second-order valence-corrected chi connectivity index (χ2v) is 5.56.